The Balaban J connectivity index is 2.70. The van der Waals surface area contributed by atoms with Crippen molar-refractivity contribution >= 4 is 11.6 Å². The highest BCUT2D eigenvalue weighted by molar-refractivity contribution is 6.29. The Morgan fingerprint density at radius 3 is 2.75 bits per heavy atom. The standard InChI is InChI=1S/C12H16ClN3O4/c1-19-12(20-2)7-14-10(8-16(17)18)5-9-3-4-11(13)15-6-9/h3-4,6,8,12,14H,5,7H2,1-2H3/b10-8-. The topological polar surface area (TPSA) is 86.5 Å². The number of ether oxygens (including phenoxy) is 2. The summed E-state index contributed by atoms with van der Waals surface area (Å²) in [7, 11) is 2.99. The van der Waals surface area contributed by atoms with Gasteiger partial charge in [0.05, 0.1) is 17.2 Å². The molecule has 0 aliphatic rings. The number of hydrogen-bond donors (Lipinski definition) is 1. The van der Waals surface area contributed by atoms with Crippen molar-refractivity contribution in [1.29, 1.82) is 0 Å². The lowest BCUT2D eigenvalue weighted by molar-refractivity contribution is -0.403. The molecule has 7 nitrogen and oxygen atoms in total. The van der Waals surface area contributed by atoms with Crippen LogP contribution in [0.2, 0.25) is 5.15 Å². The molecule has 0 aromatic carbocycles. The largest absolute Gasteiger partial charge is 0.378 e. The van der Waals surface area contributed by atoms with Crippen LogP contribution in [0.15, 0.2) is 30.2 Å². The van der Waals surface area contributed by atoms with Crippen LogP contribution in [0.3, 0.4) is 0 Å². The molecule has 0 amide bonds. The van der Waals surface area contributed by atoms with Gasteiger partial charge in [-0.3, -0.25) is 10.1 Å². The monoisotopic (exact) mass is 301 g/mol. The zero-order valence-corrected chi connectivity index (χ0v) is 12.0. The number of nitrogens with zero attached hydrogens (tertiary/aromatic N) is 2. The van der Waals surface area contributed by atoms with Gasteiger partial charge < -0.3 is 14.8 Å². The predicted molar refractivity (Wildman–Crippen MR) is 73.8 cm³/mol. The number of nitro groups is 1. The Hall–Kier alpha value is -1.70. The van der Waals surface area contributed by atoms with Crippen molar-refractivity contribution in [2.45, 2.75) is 12.7 Å². The van der Waals surface area contributed by atoms with Gasteiger partial charge in [0.1, 0.15) is 5.15 Å². The summed E-state index contributed by atoms with van der Waals surface area (Å²) in [6, 6.07) is 3.39. The Morgan fingerprint density at radius 2 is 2.25 bits per heavy atom. The van der Waals surface area contributed by atoms with Gasteiger partial charge >= 0.3 is 0 Å². The molecule has 0 aliphatic heterocycles. The Morgan fingerprint density at radius 1 is 1.55 bits per heavy atom. The summed E-state index contributed by atoms with van der Waals surface area (Å²) in [5, 5.41) is 13.9. The fourth-order valence-electron chi connectivity index (χ4n) is 1.49. The molecule has 0 atom stereocenters. The minimum absolute atomic E-state index is 0.299. The van der Waals surface area contributed by atoms with E-state index in [1.807, 2.05) is 0 Å². The Labute approximate surface area is 121 Å². The van der Waals surface area contributed by atoms with E-state index in [0.29, 0.717) is 23.8 Å². The summed E-state index contributed by atoms with van der Waals surface area (Å²) in [4.78, 5) is 14.0. The average Bonchev–Trinajstić information content (AvgIpc) is 2.41. The first-order chi connectivity index (χ1) is 9.55. The van der Waals surface area contributed by atoms with E-state index in [0.717, 1.165) is 11.8 Å². The normalized spacial score (nSPS) is 11.7. The molecule has 110 valence electrons. The second-order valence-corrected chi connectivity index (χ2v) is 4.27. The van der Waals surface area contributed by atoms with Gasteiger partial charge in [-0.15, -0.1) is 0 Å². The molecule has 1 aromatic heterocycles. The molecule has 0 bridgehead atoms. The zero-order chi connectivity index (χ0) is 15.0. The fourth-order valence-corrected chi connectivity index (χ4v) is 1.60. The average molecular weight is 302 g/mol. The van der Waals surface area contributed by atoms with Gasteiger partial charge in [0.25, 0.3) is 6.20 Å². The van der Waals surface area contributed by atoms with E-state index >= 15 is 0 Å². The third kappa shape index (κ3) is 5.96. The van der Waals surface area contributed by atoms with Gasteiger partial charge in [-0.2, -0.15) is 0 Å². The number of allylic oxidation sites excluding steroid dienone is 1. The summed E-state index contributed by atoms with van der Waals surface area (Å²) in [6.45, 7) is 0.299. The molecule has 8 heteroatoms. The van der Waals surface area contributed by atoms with Crippen molar-refractivity contribution in [3.05, 3.63) is 51.1 Å². The van der Waals surface area contributed by atoms with E-state index in [9.17, 15) is 10.1 Å². The molecule has 0 fully saturated rings. The summed E-state index contributed by atoms with van der Waals surface area (Å²) >= 11 is 5.69. The van der Waals surface area contributed by atoms with E-state index in [4.69, 9.17) is 21.1 Å². The summed E-state index contributed by atoms with van der Waals surface area (Å²) in [5.41, 5.74) is 1.24. The van der Waals surface area contributed by atoms with Crippen molar-refractivity contribution in [2.75, 3.05) is 20.8 Å². The van der Waals surface area contributed by atoms with Gasteiger partial charge in [0.15, 0.2) is 6.29 Å². The number of halogens is 1. The molecule has 0 saturated carbocycles. The van der Waals surface area contributed by atoms with Gasteiger partial charge in [-0.05, 0) is 11.6 Å². The molecule has 20 heavy (non-hydrogen) atoms. The van der Waals surface area contributed by atoms with Crippen molar-refractivity contribution in [1.82, 2.24) is 10.3 Å². The molecule has 0 unspecified atom stereocenters. The number of rotatable bonds is 8. The van der Waals surface area contributed by atoms with Gasteiger partial charge in [-0.25, -0.2) is 4.98 Å². The van der Waals surface area contributed by atoms with Crippen molar-refractivity contribution in [3.8, 4) is 0 Å². The van der Waals surface area contributed by atoms with Crippen LogP contribution in [-0.2, 0) is 15.9 Å². The van der Waals surface area contributed by atoms with Crippen molar-refractivity contribution in [2.24, 2.45) is 0 Å². The second kappa shape index (κ2) is 8.47. The van der Waals surface area contributed by atoms with Crippen LogP contribution < -0.4 is 5.32 Å². The lowest BCUT2D eigenvalue weighted by Crippen LogP contribution is -2.30. The first-order valence-electron chi connectivity index (χ1n) is 5.79. The van der Waals surface area contributed by atoms with Crippen molar-refractivity contribution in [3.63, 3.8) is 0 Å². The summed E-state index contributed by atoms with van der Waals surface area (Å²) in [6.07, 6.45) is 2.35. The Bertz CT molecular complexity index is 460. The molecule has 1 rings (SSSR count). The molecule has 0 saturated heterocycles. The van der Waals surface area contributed by atoms with Crippen LogP contribution in [-0.4, -0.2) is 37.0 Å². The fraction of sp³-hybridized carbons (Fsp3) is 0.417. The van der Waals surface area contributed by atoms with E-state index in [2.05, 4.69) is 10.3 Å². The first kappa shape index (κ1) is 16.4. The van der Waals surface area contributed by atoms with Gasteiger partial charge in [0.2, 0.25) is 0 Å². The maximum atomic E-state index is 10.6. The summed E-state index contributed by atoms with van der Waals surface area (Å²) < 4.78 is 10.0. The number of pyridine rings is 1. The lowest BCUT2D eigenvalue weighted by Gasteiger charge is -2.15. The number of hydrogen-bond acceptors (Lipinski definition) is 6. The maximum Gasteiger partial charge on any atom is 0.253 e. The highest BCUT2D eigenvalue weighted by Gasteiger charge is 2.09. The molecular weight excluding hydrogens is 286 g/mol. The van der Waals surface area contributed by atoms with E-state index < -0.39 is 11.2 Å². The first-order valence-corrected chi connectivity index (χ1v) is 6.17. The van der Waals surface area contributed by atoms with Crippen LogP contribution in [0, 0.1) is 10.1 Å². The van der Waals surface area contributed by atoms with Crippen LogP contribution in [0.1, 0.15) is 5.56 Å². The molecule has 0 radical (unpaired) electrons. The van der Waals surface area contributed by atoms with Crippen LogP contribution in [0.25, 0.3) is 0 Å². The molecule has 0 aliphatic carbocycles. The van der Waals surface area contributed by atoms with Gasteiger partial charge in [0, 0.05) is 26.8 Å². The van der Waals surface area contributed by atoms with Gasteiger partial charge in [-0.1, -0.05) is 17.7 Å². The molecular formula is C12H16ClN3O4. The zero-order valence-electron chi connectivity index (χ0n) is 11.2. The number of methoxy groups -OCH3 is 2. The molecule has 1 heterocycles. The highest BCUT2D eigenvalue weighted by atomic mass is 35.5. The maximum absolute atomic E-state index is 10.6. The van der Waals surface area contributed by atoms with Crippen LogP contribution in [0.5, 0.6) is 0 Å². The minimum atomic E-state index is -0.514. The smallest absolute Gasteiger partial charge is 0.253 e. The molecule has 1 N–H and O–H groups in total. The second-order valence-electron chi connectivity index (χ2n) is 3.89. The van der Waals surface area contributed by atoms with E-state index in [1.54, 1.807) is 18.3 Å². The molecule has 1 aromatic rings. The third-order valence-corrected chi connectivity index (χ3v) is 2.69. The SMILES string of the molecule is COC(CN/C(=C\[N+](=O)[O-])Cc1ccc(Cl)nc1)OC. The third-order valence-electron chi connectivity index (χ3n) is 2.47. The van der Waals surface area contributed by atoms with Crippen molar-refractivity contribution < 1.29 is 14.4 Å². The quantitative estimate of drug-likeness (QED) is 0.340. The Kier molecular flexibility index (Phi) is 6.92. The minimum Gasteiger partial charge on any atom is -0.378 e. The van der Waals surface area contributed by atoms with E-state index in [1.165, 1.54) is 14.2 Å². The van der Waals surface area contributed by atoms with Crippen LogP contribution >= 0.6 is 11.6 Å². The predicted octanol–water partition coefficient (Wildman–Crippen LogP) is 1.60. The highest BCUT2D eigenvalue weighted by Crippen LogP contribution is 2.09. The van der Waals surface area contributed by atoms with E-state index in [-0.39, 0.29) is 0 Å². The number of nitrogens with one attached hydrogen (secondary N) is 1. The molecule has 0 spiro atoms. The van der Waals surface area contributed by atoms with Crippen LogP contribution in [0.4, 0.5) is 0 Å². The lowest BCUT2D eigenvalue weighted by atomic mass is 10.1. The number of aromatic nitrogens is 1. The summed E-state index contributed by atoms with van der Waals surface area (Å²) in [5.74, 6) is 0.